The Morgan fingerprint density at radius 3 is 2.53 bits per heavy atom. The van der Waals surface area contributed by atoms with Gasteiger partial charge in [-0.25, -0.2) is 13.6 Å². The molecule has 19 heavy (non-hydrogen) atoms. The first-order valence-corrected chi connectivity index (χ1v) is 7.96. The summed E-state index contributed by atoms with van der Waals surface area (Å²) in [5.41, 5.74) is -0.214. The van der Waals surface area contributed by atoms with Crippen LogP contribution in [0.1, 0.15) is 38.4 Å². The smallest absolute Gasteiger partial charge is 0.273 e. The lowest BCUT2D eigenvalue weighted by Crippen LogP contribution is -2.42. The lowest BCUT2D eigenvalue weighted by molar-refractivity contribution is -0.0727. The molecular weight excluding hydrogens is 268 g/mol. The SMILES string of the molecule is CCCn1c(CC2(OC)CCC2)nnc1S(N)(=O)=O. The van der Waals surface area contributed by atoms with Gasteiger partial charge in [0.25, 0.3) is 15.2 Å². The van der Waals surface area contributed by atoms with Gasteiger partial charge in [0.05, 0.1) is 5.60 Å². The van der Waals surface area contributed by atoms with Crippen molar-refractivity contribution >= 4 is 10.0 Å². The Morgan fingerprint density at radius 1 is 1.42 bits per heavy atom. The molecule has 0 atom stereocenters. The molecule has 8 heteroatoms. The van der Waals surface area contributed by atoms with Crippen molar-refractivity contribution in [3.8, 4) is 0 Å². The van der Waals surface area contributed by atoms with Crippen LogP contribution in [-0.4, -0.2) is 35.9 Å². The number of methoxy groups -OCH3 is 1. The van der Waals surface area contributed by atoms with Crippen LogP contribution in [0.15, 0.2) is 5.16 Å². The summed E-state index contributed by atoms with van der Waals surface area (Å²) >= 11 is 0. The predicted octanol–water partition coefficient (Wildman–Crippen LogP) is 0.447. The first kappa shape index (κ1) is 14.4. The molecular formula is C11H20N4O3S. The van der Waals surface area contributed by atoms with Crippen LogP contribution in [0.3, 0.4) is 0 Å². The number of ether oxygens (including phenoxy) is 1. The summed E-state index contributed by atoms with van der Waals surface area (Å²) in [5, 5.41) is 12.7. The molecule has 2 rings (SSSR count). The largest absolute Gasteiger partial charge is 0.378 e. The first-order chi connectivity index (χ1) is 8.92. The molecule has 1 aliphatic carbocycles. The molecule has 7 nitrogen and oxygen atoms in total. The van der Waals surface area contributed by atoms with Gasteiger partial charge < -0.3 is 9.30 Å². The summed E-state index contributed by atoms with van der Waals surface area (Å²) in [6, 6.07) is 0. The summed E-state index contributed by atoms with van der Waals surface area (Å²) < 4.78 is 30.1. The minimum atomic E-state index is -3.84. The van der Waals surface area contributed by atoms with E-state index >= 15 is 0 Å². The summed E-state index contributed by atoms with van der Waals surface area (Å²) in [6.07, 6.45) is 4.41. The fourth-order valence-corrected chi connectivity index (χ4v) is 3.08. The van der Waals surface area contributed by atoms with E-state index in [9.17, 15) is 8.42 Å². The fraction of sp³-hybridized carbons (Fsp3) is 0.818. The predicted molar refractivity (Wildman–Crippen MR) is 69.0 cm³/mol. The van der Waals surface area contributed by atoms with Gasteiger partial charge in [0.2, 0.25) is 0 Å². The molecule has 0 aliphatic heterocycles. The lowest BCUT2D eigenvalue weighted by Gasteiger charge is -2.40. The van der Waals surface area contributed by atoms with Crippen molar-refractivity contribution < 1.29 is 13.2 Å². The molecule has 0 bridgehead atoms. The molecule has 0 radical (unpaired) electrons. The Morgan fingerprint density at radius 2 is 2.11 bits per heavy atom. The Balaban J connectivity index is 2.33. The Labute approximate surface area is 113 Å². The van der Waals surface area contributed by atoms with Gasteiger partial charge in [0.15, 0.2) is 0 Å². The number of nitrogens with two attached hydrogens (primary N) is 1. The number of nitrogens with zero attached hydrogens (tertiary/aromatic N) is 3. The van der Waals surface area contributed by atoms with Crippen LogP contribution < -0.4 is 5.14 Å². The highest BCUT2D eigenvalue weighted by Crippen LogP contribution is 2.37. The van der Waals surface area contributed by atoms with Gasteiger partial charge >= 0.3 is 0 Å². The van der Waals surface area contributed by atoms with Crippen LogP contribution in [0.2, 0.25) is 0 Å². The molecule has 1 aromatic heterocycles. The van der Waals surface area contributed by atoms with Gasteiger partial charge in [-0.2, -0.15) is 0 Å². The molecule has 1 heterocycles. The molecule has 108 valence electrons. The number of hydrogen-bond donors (Lipinski definition) is 1. The second-order valence-corrected chi connectivity index (χ2v) is 6.47. The van der Waals surface area contributed by atoms with E-state index in [0.29, 0.717) is 18.8 Å². The third kappa shape index (κ3) is 2.80. The molecule has 0 spiro atoms. The van der Waals surface area contributed by atoms with Crippen molar-refractivity contribution in [1.82, 2.24) is 14.8 Å². The molecule has 0 aromatic carbocycles. The fourth-order valence-electron chi connectivity index (χ4n) is 2.42. The van der Waals surface area contributed by atoms with Crippen molar-refractivity contribution in [2.45, 2.75) is 56.3 Å². The molecule has 0 amide bonds. The van der Waals surface area contributed by atoms with E-state index < -0.39 is 10.0 Å². The van der Waals surface area contributed by atoms with Crippen molar-refractivity contribution in [1.29, 1.82) is 0 Å². The maximum absolute atomic E-state index is 11.5. The van der Waals surface area contributed by atoms with Gasteiger partial charge in [-0.3, -0.25) is 0 Å². The average molecular weight is 288 g/mol. The van der Waals surface area contributed by atoms with Gasteiger partial charge in [-0.15, -0.1) is 10.2 Å². The van der Waals surface area contributed by atoms with Crippen molar-refractivity contribution in [3.63, 3.8) is 0 Å². The van der Waals surface area contributed by atoms with Crippen molar-refractivity contribution in [3.05, 3.63) is 5.82 Å². The molecule has 1 saturated carbocycles. The van der Waals surface area contributed by atoms with Gasteiger partial charge in [-0.05, 0) is 25.7 Å². The standard InChI is InChI=1S/C11H20N4O3S/c1-3-7-15-9(8-11(18-2)5-4-6-11)13-14-10(15)19(12,16)17/h3-8H2,1-2H3,(H2,12,16,17). The van der Waals surface area contributed by atoms with Gasteiger partial charge in [0.1, 0.15) is 5.82 Å². The van der Waals surface area contributed by atoms with Crippen LogP contribution in [0.4, 0.5) is 0 Å². The molecule has 2 N–H and O–H groups in total. The molecule has 1 aromatic rings. The number of rotatable bonds is 6. The van der Waals surface area contributed by atoms with Crippen LogP contribution in [0, 0.1) is 0 Å². The van der Waals surface area contributed by atoms with Crippen LogP contribution >= 0.6 is 0 Å². The normalized spacial score (nSPS) is 18.3. The number of primary sulfonamides is 1. The summed E-state index contributed by atoms with van der Waals surface area (Å²) in [6.45, 7) is 2.50. The quantitative estimate of drug-likeness (QED) is 0.819. The Hall–Kier alpha value is -0.990. The van der Waals surface area contributed by atoms with E-state index in [1.165, 1.54) is 0 Å². The maximum atomic E-state index is 11.5. The Bertz CT molecular complexity index is 543. The average Bonchev–Trinajstić information content (AvgIpc) is 2.67. The van der Waals surface area contributed by atoms with Crippen LogP contribution in [-0.2, 0) is 27.7 Å². The third-order valence-corrected chi connectivity index (χ3v) is 4.48. The molecule has 0 saturated heterocycles. The zero-order chi connectivity index (χ0) is 14.1. The summed E-state index contributed by atoms with van der Waals surface area (Å²) in [7, 11) is -2.16. The molecule has 1 aliphatic rings. The second kappa shape index (κ2) is 5.18. The molecule has 0 unspecified atom stereocenters. The van der Waals surface area contributed by atoms with Crippen molar-refractivity contribution in [2.75, 3.05) is 7.11 Å². The summed E-state index contributed by atoms with van der Waals surface area (Å²) in [4.78, 5) is 0. The monoisotopic (exact) mass is 288 g/mol. The lowest BCUT2D eigenvalue weighted by atomic mass is 9.77. The minimum absolute atomic E-state index is 0.157. The summed E-state index contributed by atoms with van der Waals surface area (Å²) in [5.74, 6) is 0.632. The van der Waals surface area contributed by atoms with E-state index in [-0.39, 0.29) is 10.8 Å². The third-order valence-electron chi connectivity index (χ3n) is 3.67. The van der Waals surface area contributed by atoms with Gasteiger partial charge in [0, 0.05) is 20.1 Å². The highest BCUT2D eigenvalue weighted by Gasteiger charge is 2.39. The number of aromatic nitrogens is 3. The van der Waals surface area contributed by atoms with Crippen LogP contribution in [0.5, 0.6) is 0 Å². The van der Waals surface area contributed by atoms with E-state index in [0.717, 1.165) is 25.7 Å². The zero-order valence-corrected chi connectivity index (χ0v) is 12.1. The van der Waals surface area contributed by atoms with E-state index in [1.54, 1.807) is 11.7 Å². The number of sulfonamides is 1. The van der Waals surface area contributed by atoms with E-state index in [2.05, 4.69) is 10.2 Å². The first-order valence-electron chi connectivity index (χ1n) is 6.42. The number of hydrogen-bond acceptors (Lipinski definition) is 5. The highest BCUT2D eigenvalue weighted by atomic mass is 32.2. The van der Waals surface area contributed by atoms with Crippen molar-refractivity contribution in [2.24, 2.45) is 5.14 Å². The van der Waals surface area contributed by atoms with Gasteiger partial charge in [-0.1, -0.05) is 6.92 Å². The second-order valence-electron chi connectivity index (χ2n) is 5.01. The highest BCUT2D eigenvalue weighted by molar-refractivity contribution is 7.89. The minimum Gasteiger partial charge on any atom is -0.378 e. The van der Waals surface area contributed by atoms with E-state index in [1.807, 2.05) is 6.92 Å². The zero-order valence-electron chi connectivity index (χ0n) is 11.3. The maximum Gasteiger partial charge on any atom is 0.273 e. The topological polar surface area (TPSA) is 100 Å². The Kier molecular flexibility index (Phi) is 3.93. The van der Waals surface area contributed by atoms with E-state index in [4.69, 9.17) is 9.88 Å². The van der Waals surface area contributed by atoms with Crippen LogP contribution in [0.25, 0.3) is 0 Å². The molecule has 1 fully saturated rings.